The van der Waals surface area contributed by atoms with Crippen LogP contribution in [0.4, 0.5) is 9.18 Å². The molecule has 5 nitrogen and oxygen atoms in total. The third kappa shape index (κ3) is 6.74. The van der Waals surface area contributed by atoms with Gasteiger partial charge in [-0.15, -0.1) is 0 Å². The van der Waals surface area contributed by atoms with Crippen molar-refractivity contribution in [1.29, 1.82) is 0 Å². The van der Waals surface area contributed by atoms with E-state index in [2.05, 4.69) is 10.6 Å². The molecule has 6 heteroatoms. The number of ether oxygens (including phenoxy) is 1. The zero-order valence-corrected chi connectivity index (χ0v) is 15.3. The second kappa shape index (κ2) is 8.33. The summed E-state index contributed by atoms with van der Waals surface area (Å²) in [6.45, 7) is 11.7. The summed E-state index contributed by atoms with van der Waals surface area (Å²) < 4.78 is 18.6. The molecule has 0 spiro atoms. The van der Waals surface area contributed by atoms with Crippen LogP contribution in [0.15, 0.2) is 18.2 Å². The van der Waals surface area contributed by atoms with Gasteiger partial charge in [-0.05, 0) is 51.8 Å². The first kappa shape index (κ1) is 20.2. The van der Waals surface area contributed by atoms with E-state index in [-0.39, 0.29) is 23.8 Å². The highest BCUT2D eigenvalue weighted by Crippen LogP contribution is 2.24. The van der Waals surface area contributed by atoms with Crippen LogP contribution in [-0.2, 0) is 4.74 Å². The highest BCUT2D eigenvalue weighted by Gasteiger charge is 2.22. The van der Waals surface area contributed by atoms with Gasteiger partial charge in [0.1, 0.15) is 17.2 Å². The molecule has 1 amide bonds. The van der Waals surface area contributed by atoms with Gasteiger partial charge in [0.2, 0.25) is 0 Å². The number of halogens is 1. The number of carbonyl (C=O) groups excluding carboxylic acids is 1. The zero-order chi connectivity index (χ0) is 18.5. The SMILES string of the molecule is CC(NCC(NC(=O)OC(C)(C)C)C(C)C)c1cc(F)ccc1O. The first-order valence-electron chi connectivity index (χ1n) is 8.21. The van der Waals surface area contributed by atoms with Crippen LogP contribution in [0.25, 0.3) is 0 Å². The fourth-order valence-electron chi connectivity index (χ4n) is 2.20. The summed E-state index contributed by atoms with van der Waals surface area (Å²) in [5.41, 5.74) is -0.0746. The van der Waals surface area contributed by atoms with Crippen molar-refractivity contribution in [3.8, 4) is 5.75 Å². The van der Waals surface area contributed by atoms with Crippen LogP contribution in [-0.4, -0.2) is 29.4 Å². The van der Waals surface area contributed by atoms with E-state index in [9.17, 15) is 14.3 Å². The number of amides is 1. The van der Waals surface area contributed by atoms with E-state index in [0.717, 1.165) is 0 Å². The van der Waals surface area contributed by atoms with Crippen molar-refractivity contribution < 1.29 is 19.0 Å². The quantitative estimate of drug-likeness (QED) is 0.738. The lowest BCUT2D eigenvalue weighted by Gasteiger charge is -2.27. The first-order chi connectivity index (χ1) is 11.0. The molecule has 0 bridgehead atoms. The van der Waals surface area contributed by atoms with E-state index in [1.165, 1.54) is 18.2 Å². The van der Waals surface area contributed by atoms with Gasteiger partial charge in [0.25, 0.3) is 0 Å². The molecular formula is C18H29FN2O3. The molecule has 0 saturated heterocycles. The summed E-state index contributed by atoms with van der Waals surface area (Å²) in [7, 11) is 0. The van der Waals surface area contributed by atoms with Crippen molar-refractivity contribution in [1.82, 2.24) is 10.6 Å². The number of carbonyl (C=O) groups is 1. The lowest BCUT2D eigenvalue weighted by molar-refractivity contribution is 0.0489. The average molecular weight is 340 g/mol. The molecule has 0 heterocycles. The Morgan fingerprint density at radius 1 is 1.29 bits per heavy atom. The van der Waals surface area contributed by atoms with Gasteiger partial charge in [-0.1, -0.05) is 13.8 Å². The number of phenols is 1. The average Bonchev–Trinajstić information content (AvgIpc) is 2.43. The van der Waals surface area contributed by atoms with Crippen LogP contribution >= 0.6 is 0 Å². The van der Waals surface area contributed by atoms with Gasteiger partial charge in [-0.25, -0.2) is 9.18 Å². The minimum absolute atomic E-state index is 0.0394. The van der Waals surface area contributed by atoms with Crippen LogP contribution in [0.3, 0.4) is 0 Å². The van der Waals surface area contributed by atoms with Gasteiger partial charge in [0.15, 0.2) is 0 Å². The number of phenolic OH excluding ortho intramolecular Hbond substituents is 1. The molecule has 0 aliphatic carbocycles. The number of aromatic hydroxyl groups is 1. The second-order valence-electron chi connectivity index (χ2n) is 7.33. The molecule has 0 fully saturated rings. The summed E-state index contributed by atoms with van der Waals surface area (Å²) in [6.07, 6.45) is -0.468. The highest BCUT2D eigenvalue weighted by atomic mass is 19.1. The number of hydrogen-bond acceptors (Lipinski definition) is 4. The topological polar surface area (TPSA) is 70.6 Å². The van der Waals surface area contributed by atoms with E-state index in [0.29, 0.717) is 12.1 Å². The van der Waals surface area contributed by atoms with Crippen LogP contribution in [0.2, 0.25) is 0 Å². The summed E-state index contributed by atoms with van der Waals surface area (Å²) in [4.78, 5) is 11.9. The lowest BCUT2D eigenvalue weighted by atomic mass is 10.0. The molecule has 2 atom stereocenters. The molecule has 0 radical (unpaired) electrons. The van der Waals surface area contributed by atoms with Gasteiger partial charge >= 0.3 is 6.09 Å². The third-order valence-electron chi connectivity index (χ3n) is 3.61. The fraction of sp³-hybridized carbons (Fsp3) is 0.611. The number of nitrogens with one attached hydrogen (secondary N) is 2. The number of hydrogen-bond donors (Lipinski definition) is 3. The van der Waals surface area contributed by atoms with Gasteiger partial charge in [0, 0.05) is 24.2 Å². The zero-order valence-electron chi connectivity index (χ0n) is 15.3. The van der Waals surface area contributed by atoms with Gasteiger partial charge in [-0.2, -0.15) is 0 Å². The maximum atomic E-state index is 13.4. The Hall–Kier alpha value is -1.82. The van der Waals surface area contributed by atoms with Crippen LogP contribution < -0.4 is 10.6 Å². The first-order valence-corrected chi connectivity index (χ1v) is 8.21. The largest absolute Gasteiger partial charge is 0.508 e. The lowest BCUT2D eigenvalue weighted by Crippen LogP contribution is -2.47. The molecule has 0 aliphatic rings. The fourth-order valence-corrected chi connectivity index (χ4v) is 2.20. The molecule has 24 heavy (non-hydrogen) atoms. The Bertz CT molecular complexity index is 556. The maximum Gasteiger partial charge on any atom is 0.407 e. The van der Waals surface area contributed by atoms with Crippen molar-refractivity contribution >= 4 is 6.09 Å². The van der Waals surface area contributed by atoms with Crippen LogP contribution in [0, 0.1) is 11.7 Å². The second-order valence-corrected chi connectivity index (χ2v) is 7.33. The molecular weight excluding hydrogens is 311 g/mol. The van der Waals surface area contributed by atoms with Crippen molar-refractivity contribution in [3.05, 3.63) is 29.6 Å². The maximum absolute atomic E-state index is 13.4. The van der Waals surface area contributed by atoms with Gasteiger partial charge < -0.3 is 20.5 Å². The Morgan fingerprint density at radius 3 is 2.46 bits per heavy atom. The van der Waals surface area contributed by atoms with E-state index < -0.39 is 17.5 Å². The number of rotatable bonds is 6. The minimum atomic E-state index is -0.556. The summed E-state index contributed by atoms with van der Waals surface area (Å²) in [5.74, 6) is -0.181. The molecule has 1 aromatic rings. The normalized spacial score (nSPS) is 14.3. The van der Waals surface area contributed by atoms with Gasteiger partial charge in [-0.3, -0.25) is 0 Å². The Labute approximate surface area is 143 Å². The van der Waals surface area contributed by atoms with Crippen LogP contribution in [0.5, 0.6) is 5.75 Å². The standard InChI is InChI=1S/C18H29FN2O3/c1-11(2)15(21-17(23)24-18(4,5)6)10-20-12(3)14-9-13(19)7-8-16(14)22/h7-9,11-12,15,20,22H,10H2,1-6H3,(H,21,23). The Morgan fingerprint density at radius 2 is 1.92 bits per heavy atom. The van der Waals surface area contributed by atoms with Crippen LogP contribution in [0.1, 0.15) is 53.1 Å². The molecule has 0 saturated carbocycles. The molecule has 2 unspecified atom stereocenters. The molecule has 0 aromatic heterocycles. The Balaban J connectivity index is 2.66. The number of benzene rings is 1. The van der Waals surface area contributed by atoms with Crippen molar-refractivity contribution in [2.75, 3.05) is 6.54 Å². The predicted octanol–water partition coefficient (Wildman–Crippen LogP) is 3.73. The molecule has 1 rings (SSSR count). The summed E-state index contributed by atoms with van der Waals surface area (Å²) in [6, 6.07) is 3.44. The summed E-state index contributed by atoms with van der Waals surface area (Å²) in [5, 5.41) is 15.9. The third-order valence-corrected chi connectivity index (χ3v) is 3.61. The number of alkyl carbamates (subject to hydrolysis) is 1. The van der Waals surface area contributed by atoms with E-state index >= 15 is 0 Å². The highest BCUT2D eigenvalue weighted by molar-refractivity contribution is 5.68. The molecule has 136 valence electrons. The predicted molar refractivity (Wildman–Crippen MR) is 92.5 cm³/mol. The van der Waals surface area contributed by atoms with Crippen molar-refractivity contribution in [2.24, 2.45) is 5.92 Å². The minimum Gasteiger partial charge on any atom is -0.508 e. The smallest absolute Gasteiger partial charge is 0.407 e. The molecule has 1 aromatic carbocycles. The Kier molecular flexibility index (Phi) is 7.02. The van der Waals surface area contributed by atoms with Crippen molar-refractivity contribution in [2.45, 2.75) is 59.2 Å². The van der Waals surface area contributed by atoms with E-state index in [1.807, 2.05) is 41.5 Å². The van der Waals surface area contributed by atoms with E-state index in [4.69, 9.17) is 4.74 Å². The molecule has 3 N–H and O–H groups in total. The van der Waals surface area contributed by atoms with E-state index in [1.54, 1.807) is 0 Å². The monoisotopic (exact) mass is 340 g/mol. The van der Waals surface area contributed by atoms with Crippen molar-refractivity contribution in [3.63, 3.8) is 0 Å². The van der Waals surface area contributed by atoms with Gasteiger partial charge in [0.05, 0.1) is 0 Å². The summed E-state index contributed by atoms with van der Waals surface area (Å²) >= 11 is 0. The molecule has 0 aliphatic heterocycles.